The number of halogens is 1. The first-order valence-corrected chi connectivity index (χ1v) is 3.78. The Bertz CT molecular complexity index is 103. The van der Waals surface area contributed by atoms with E-state index in [0.29, 0.717) is 6.04 Å². The van der Waals surface area contributed by atoms with Crippen LogP contribution in [0.2, 0.25) is 0 Å². The Balaban J connectivity index is 2.38. The summed E-state index contributed by atoms with van der Waals surface area (Å²) in [6.45, 7) is 0. The number of hydrogen-bond donors (Lipinski definition) is 0. The van der Waals surface area contributed by atoms with Crippen molar-refractivity contribution < 1.29 is 0 Å². The van der Waals surface area contributed by atoms with Crippen LogP contribution in [0.4, 0.5) is 0 Å². The second kappa shape index (κ2) is 2.49. The van der Waals surface area contributed by atoms with Gasteiger partial charge in [-0.05, 0) is 0 Å². The fraction of sp³-hybridized carbons (Fsp3) is 0.800. The molecule has 0 aliphatic carbocycles. The van der Waals surface area contributed by atoms with E-state index in [1.54, 1.807) is 0 Å². The molecule has 1 aliphatic rings. The molecule has 1 rings (SSSR count). The van der Waals surface area contributed by atoms with Crippen molar-refractivity contribution in [1.82, 2.24) is 5.01 Å². The number of nitrogens with zero attached hydrogens (tertiary/aromatic N) is 2. The van der Waals surface area contributed by atoms with Crippen LogP contribution in [0, 0.1) is 0 Å². The van der Waals surface area contributed by atoms with Crippen LogP contribution >= 0.6 is 15.9 Å². The number of alkyl halides is 1. The van der Waals surface area contributed by atoms with Crippen molar-refractivity contribution in [1.29, 1.82) is 0 Å². The first-order valence-electron chi connectivity index (χ1n) is 2.66. The van der Waals surface area contributed by atoms with Crippen LogP contribution in [0.5, 0.6) is 0 Å². The summed E-state index contributed by atoms with van der Waals surface area (Å²) in [6, 6.07) is 0.593. The van der Waals surface area contributed by atoms with Gasteiger partial charge in [0.2, 0.25) is 0 Å². The van der Waals surface area contributed by atoms with Gasteiger partial charge in [0.25, 0.3) is 0 Å². The highest BCUT2D eigenvalue weighted by Gasteiger charge is 2.13. The standard InChI is InChI=1S/C5H9BrN2/c1-8-5(4-6)2-3-7-8/h3,5H,2,4H2,1H3. The molecule has 0 aromatic carbocycles. The molecule has 0 saturated heterocycles. The van der Waals surface area contributed by atoms with E-state index >= 15 is 0 Å². The smallest absolute Gasteiger partial charge is 0.0614 e. The summed E-state index contributed by atoms with van der Waals surface area (Å²) in [7, 11) is 2.00. The number of hydrazone groups is 1. The van der Waals surface area contributed by atoms with Crippen LogP contribution in [-0.4, -0.2) is 29.6 Å². The van der Waals surface area contributed by atoms with Crippen molar-refractivity contribution in [3.63, 3.8) is 0 Å². The van der Waals surface area contributed by atoms with Crippen LogP contribution < -0.4 is 0 Å². The number of hydrogen-bond acceptors (Lipinski definition) is 2. The maximum atomic E-state index is 4.07. The normalized spacial score (nSPS) is 27.2. The van der Waals surface area contributed by atoms with E-state index in [9.17, 15) is 0 Å². The molecule has 46 valence electrons. The van der Waals surface area contributed by atoms with E-state index in [2.05, 4.69) is 21.0 Å². The Labute approximate surface area is 57.7 Å². The van der Waals surface area contributed by atoms with Crippen molar-refractivity contribution in [3.05, 3.63) is 0 Å². The minimum atomic E-state index is 0.593. The first kappa shape index (κ1) is 6.08. The maximum Gasteiger partial charge on any atom is 0.0614 e. The highest BCUT2D eigenvalue weighted by atomic mass is 79.9. The fourth-order valence-corrected chi connectivity index (χ4v) is 1.39. The molecule has 1 aliphatic heterocycles. The van der Waals surface area contributed by atoms with Crippen LogP contribution in [0.3, 0.4) is 0 Å². The molecule has 0 spiro atoms. The van der Waals surface area contributed by atoms with E-state index in [0.717, 1.165) is 11.8 Å². The van der Waals surface area contributed by atoms with Gasteiger partial charge in [0.15, 0.2) is 0 Å². The summed E-state index contributed by atoms with van der Waals surface area (Å²) >= 11 is 3.39. The molecular weight excluding hydrogens is 168 g/mol. The van der Waals surface area contributed by atoms with Crippen molar-refractivity contribution in [2.24, 2.45) is 5.10 Å². The van der Waals surface area contributed by atoms with Crippen LogP contribution in [-0.2, 0) is 0 Å². The molecule has 0 bridgehead atoms. The Morgan fingerprint density at radius 2 is 2.75 bits per heavy atom. The molecule has 0 radical (unpaired) electrons. The predicted octanol–water partition coefficient (Wildman–Crippen LogP) is 1.07. The third kappa shape index (κ3) is 1.02. The van der Waals surface area contributed by atoms with Gasteiger partial charge in [-0.2, -0.15) is 5.10 Å². The summed E-state index contributed by atoms with van der Waals surface area (Å²) in [5, 5.41) is 7.06. The molecule has 0 aromatic rings. The van der Waals surface area contributed by atoms with Crippen LogP contribution in [0.15, 0.2) is 5.10 Å². The quantitative estimate of drug-likeness (QED) is 0.547. The summed E-state index contributed by atoms with van der Waals surface area (Å²) < 4.78 is 0. The lowest BCUT2D eigenvalue weighted by atomic mass is 10.3. The third-order valence-electron chi connectivity index (χ3n) is 1.35. The molecule has 0 amide bonds. The van der Waals surface area contributed by atoms with Gasteiger partial charge in [0, 0.05) is 25.0 Å². The summed E-state index contributed by atoms with van der Waals surface area (Å²) in [4.78, 5) is 0. The van der Waals surface area contributed by atoms with E-state index in [4.69, 9.17) is 0 Å². The zero-order valence-corrected chi connectivity index (χ0v) is 6.43. The molecule has 0 saturated carbocycles. The average Bonchev–Trinajstić information content (AvgIpc) is 2.14. The molecule has 0 N–H and O–H groups in total. The Morgan fingerprint density at radius 3 is 3.00 bits per heavy atom. The van der Waals surface area contributed by atoms with Gasteiger partial charge >= 0.3 is 0 Å². The lowest BCUT2D eigenvalue weighted by Crippen LogP contribution is -2.23. The van der Waals surface area contributed by atoms with Crippen molar-refractivity contribution >= 4 is 22.1 Å². The molecule has 0 aromatic heterocycles. The van der Waals surface area contributed by atoms with E-state index in [1.807, 2.05) is 18.3 Å². The van der Waals surface area contributed by atoms with Gasteiger partial charge < -0.3 is 0 Å². The largest absolute Gasteiger partial charge is 0.296 e. The minimum absolute atomic E-state index is 0.593. The predicted molar refractivity (Wildman–Crippen MR) is 38.5 cm³/mol. The Hall–Kier alpha value is -0.0500. The second-order valence-corrected chi connectivity index (χ2v) is 2.56. The van der Waals surface area contributed by atoms with E-state index < -0.39 is 0 Å². The van der Waals surface area contributed by atoms with Crippen molar-refractivity contribution in [2.75, 3.05) is 12.4 Å². The SMILES string of the molecule is CN1N=CCC1CBr. The molecular formula is C5H9BrN2. The summed E-state index contributed by atoms with van der Waals surface area (Å²) in [5.41, 5.74) is 0. The fourth-order valence-electron chi connectivity index (χ4n) is 0.707. The summed E-state index contributed by atoms with van der Waals surface area (Å²) in [6.07, 6.45) is 3.04. The Morgan fingerprint density at radius 1 is 2.00 bits per heavy atom. The molecule has 3 heteroatoms. The monoisotopic (exact) mass is 176 g/mol. The van der Waals surface area contributed by atoms with Gasteiger partial charge in [-0.15, -0.1) is 0 Å². The average molecular weight is 177 g/mol. The molecule has 0 fully saturated rings. The maximum absolute atomic E-state index is 4.07. The second-order valence-electron chi connectivity index (χ2n) is 1.92. The molecule has 1 unspecified atom stereocenters. The van der Waals surface area contributed by atoms with E-state index in [-0.39, 0.29) is 0 Å². The minimum Gasteiger partial charge on any atom is -0.296 e. The summed E-state index contributed by atoms with van der Waals surface area (Å²) in [5.74, 6) is 0. The molecule has 1 heterocycles. The zero-order valence-electron chi connectivity index (χ0n) is 4.84. The zero-order chi connectivity index (χ0) is 5.98. The van der Waals surface area contributed by atoms with Crippen molar-refractivity contribution in [2.45, 2.75) is 12.5 Å². The number of rotatable bonds is 1. The lowest BCUT2D eigenvalue weighted by molar-refractivity contribution is 0.309. The topological polar surface area (TPSA) is 15.6 Å². The van der Waals surface area contributed by atoms with Gasteiger partial charge in [-0.1, -0.05) is 15.9 Å². The highest BCUT2D eigenvalue weighted by molar-refractivity contribution is 9.09. The van der Waals surface area contributed by atoms with Crippen molar-refractivity contribution in [3.8, 4) is 0 Å². The molecule has 2 nitrogen and oxygen atoms in total. The van der Waals surface area contributed by atoms with Gasteiger partial charge in [0.05, 0.1) is 6.04 Å². The van der Waals surface area contributed by atoms with Crippen LogP contribution in [0.1, 0.15) is 6.42 Å². The molecule has 1 atom stereocenters. The van der Waals surface area contributed by atoms with Crippen LogP contribution in [0.25, 0.3) is 0 Å². The van der Waals surface area contributed by atoms with Gasteiger partial charge in [-0.25, -0.2) is 0 Å². The van der Waals surface area contributed by atoms with Gasteiger partial charge in [0.1, 0.15) is 0 Å². The molecule has 8 heavy (non-hydrogen) atoms. The lowest BCUT2D eigenvalue weighted by Gasteiger charge is -2.14. The third-order valence-corrected chi connectivity index (χ3v) is 2.10. The first-order chi connectivity index (χ1) is 3.84. The van der Waals surface area contributed by atoms with E-state index in [1.165, 1.54) is 0 Å². The Kier molecular flexibility index (Phi) is 1.89. The van der Waals surface area contributed by atoms with Gasteiger partial charge in [-0.3, -0.25) is 5.01 Å². The highest BCUT2D eigenvalue weighted by Crippen LogP contribution is 2.09.